The van der Waals surface area contributed by atoms with Crippen molar-refractivity contribution in [3.8, 4) is 5.88 Å². The molecule has 4 heteroatoms. The number of ether oxygens (including phenoxy) is 2. The Bertz CT molecular complexity index is 576. The molecule has 0 unspecified atom stereocenters. The number of hydrogen-bond acceptors (Lipinski definition) is 4. The number of pyridine rings is 1. The third-order valence-electron chi connectivity index (χ3n) is 2.82. The SMILES string of the molecule is CC(C)(C)OCCOc1nc(CN)cc2ccccc12. The summed E-state index contributed by atoms with van der Waals surface area (Å²) in [5, 5.41) is 2.09. The van der Waals surface area contributed by atoms with Gasteiger partial charge in [0.25, 0.3) is 0 Å². The van der Waals surface area contributed by atoms with Crippen molar-refractivity contribution in [1.29, 1.82) is 0 Å². The highest BCUT2D eigenvalue weighted by Crippen LogP contribution is 2.24. The number of nitrogens with two attached hydrogens (primary N) is 1. The summed E-state index contributed by atoms with van der Waals surface area (Å²) in [7, 11) is 0. The molecule has 0 bridgehead atoms. The molecule has 2 aromatic rings. The second kappa shape index (κ2) is 6.20. The van der Waals surface area contributed by atoms with Crippen LogP contribution in [0, 0.1) is 0 Å². The fourth-order valence-electron chi connectivity index (χ4n) is 1.92. The van der Waals surface area contributed by atoms with Crippen molar-refractivity contribution in [1.82, 2.24) is 4.98 Å². The van der Waals surface area contributed by atoms with Gasteiger partial charge in [-0.2, -0.15) is 0 Å². The van der Waals surface area contributed by atoms with Crippen LogP contribution in [0.25, 0.3) is 10.8 Å². The molecule has 0 aliphatic heterocycles. The van der Waals surface area contributed by atoms with Crippen LogP contribution >= 0.6 is 0 Å². The first-order chi connectivity index (χ1) is 9.49. The number of nitrogens with zero attached hydrogens (tertiary/aromatic N) is 1. The molecule has 0 saturated carbocycles. The molecular weight excluding hydrogens is 252 g/mol. The molecule has 2 rings (SSSR count). The average molecular weight is 274 g/mol. The number of benzene rings is 1. The Labute approximate surface area is 119 Å². The van der Waals surface area contributed by atoms with Gasteiger partial charge in [-0.3, -0.25) is 0 Å². The van der Waals surface area contributed by atoms with Crippen LogP contribution in [0.1, 0.15) is 26.5 Å². The maximum atomic E-state index is 5.77. The molecule has 1 aromatic heterocycles. The first-order valence-corrected chi connectivity index (χ1v) is 6.85. The minimum Gasteiger partial charge on any atom is -0.475 e. The first kappa shape index (κ1) is 14.8. The first-order valence-electron chi connectivity index (χ1n) is 6.85. The van der Waals surface area contributed by atoms with E-state index >= 15 is 0 Å². The zero-order valence-corrected chi connectivity index (χ0v) is 12.3. The van der Waals surface area contributed by atoms with Crippen molar-refractivity contribution in [2.45, 2.75) is 32.9 Å². The molecule has 20 heavy (non-hydrogen) atoms. The van der Waals surface area contributed by atoms with Crippen LogP contribution < -0.4 is 10.5 Å². The molecule has 1 heterocycles. The van der Waals surface area contributed by atoms with Gasteiger partial charge in [-0.25, -0.2) is 4.98 Å². The molecule has 0 radical (unpaired) electrons. The maximum Gasteiger partial charge on any atom is 0.221 e. The molecule has 1 aromatic carbocycles. The van der Waals surface area contributed by atoms with E-state index in [-0.39, 0.29) is 5.60 Å². The summed E-state index contributed by atoms with van der Waals surface area (Å²) in [6.45, 7) is 7.48. The quantitative estimate of drug-likeness (QED) is 0.852. The van der Waals surface area contributed by atoms with Crippen molar-refractivity contribution in [3.63, 3.8) is 0 Å². The largest absolute Gasteiger partial charge is 0.475 e. The van der Waals surface area contributed by atoms with E-state index in [0.717, 1.165) is 16.5 Å². The standard InChI is InChI=1S/C16H22N2O2/c1-16(2,3)20-9-8-19-15-14-7-5-4-6-12(14)10-13(11-17)18-15/h4-7,10H,8-9,11,17H2,1-3H3. The summed E-state index contributed by atoms with van der Waals surface area (Å²) in [6, 6.07) is 10.0. The van der Waals surface area contributed by atoms with E-state index in [2.05, 4.69) is 4.98 Å². The van der Waals surface area contributed by atoms with Gasteiger partial charge in [-0.05, 0) is 38.3 Å². The van der Waals surface area contributed by atoms with Crippen molar-refractivity contribution >= 4 is 10.8 Å². The lowest BCUT2D eigenvalue weighted by Gasteiger charge is -2.19. The molecule has 0 fully saturated rings. The minimum absolute atomic E-state index is 0.155. The lowest BCUT2D eigenvalue weighted by molar-refractivity contribution is -0.0166. The van der Waals surface area contributed by atoms with Gasteiger partial charge < -0.3 is 15.2 Å². The minimum atomic E-state index is -0.155. The van der Waals surface area contributed by atoms with E-state index in [1.807, 2.05) is 51.1 Å². The van der Waals surface area contributed by atoms with E-state index in [1.54, 1.807) is 0 Å². The zero-order valence-electron chi connectivity index (χ0n) is 12.3. The van der Waals surface area contributed by atoms with Gasteiger partial charge in [0.2, 0.25) is 5.88 Å². The number of hydrogen-bond donors (Lipinski definition) is 1. The maximum absolute atomic E-state index is 5.77. The highest BCUT2D eigenvalue weighted by atomic mass is 16.5. The molecule has 0 spiro atoms. The summed E-state index contributed by atoms with van der Waals surface area (Å²) < 4.78 is 11.4. The molecule has 0 atom stereocenters. The fraction of sp³-hybridized carbons (Fsp3) is 0.438. The summed E-state index contributed by atoms with van der Waals surface area (Å²) in [5.74, 6) is 0.626. The summed E-state index contributed by atoms with van der Waals surface area (Å²) >= 11 is 0. The van der Waals surface area contributed by atoms with E-state index in [9.17, 15) is 0 Å². The second-order valence-corrected chi connectivity index (χ2v) is 5.65. The normalized spacial score (nSPS) is 11.8. The zero-order chi connectivity index (χ0) is 14.6. The van der Waals surface area contributed by atoms with Gasteiger partial charge in [-0.15, -0.1) is 0 Å². The monoisotopic (exact) mass is 274 g/mol. The predicted molar refractivity (Wildman–Crippen MR) is 80.8 cm³/mol. The number of fused-ring (bicyclic) bond motifs is 1. The van der Waals surface area contributed by atoms with E-state index in [4.69, 9.17) is 15.2 Å². The second-order valence-electron chi connectivity index (χ2n) is 5.65. The molecule has 0 saturated heterocycles. The average Bonchev–Trinajstić information content (AvgIpc) is 2.42. The highest BCUT2D eigenvalue weighted by Gasteiger charge is 2.10. The Balaban J connectivity index is 2.12. The topological polar surface area (TPSA) is 57.4 Å². The van der Waals surface area contributed by atoms with Crippen LogP contribution in [0.5, 0.6) is 5.88 Å². The van der Waals surface area contributed by atoms with Crippen LogP contribution in [-0.2, 0) is 11.3 Å². The van der Waals surface area contributed by atoms with Crippen LogP contribution in [0.3, 0.4) is 0 Å². The van der Waals surface area contributed by atoms with Gasteiger partial charge in [0.1, 0.15) is 6.61 Å². The van der Waals surface area contributed by atoms with Gasteiger partial charge in [0.05, 0.1) is 17.9 Å². The molecule has 4 nitrogen and oxygen atoms in total. The van der Waals surface area contributed by atoms with Gasteiger partial charge in [0, 0.05) is 11.9 Å². The summed E-state index contributed by atoms with van der Waals surface area (Å²) in [4.78, 5) is 4.45. The van der Waals surface area contributed by atoms with Crippen LogP contribution in [-0.4, -0.2) is 23.8 Å². The lowest BCUT2D eigenvalue weighted by atomic mass is 10.1. The van der Waals surface area contributed by atoms with Crippen molar-refractivity contribution in [3.05, 3.63) is 36.0 Å². The third-order valence-corrected chi connectivity index (χ3v) is 2.82. The Morgan fingerprint density at radius 1 is 1.15 bits per heavy atom. The molecule has 0 amide bonds. The van der Waals surface area contributed by atoms with E-state index < -0.39 is 0 Å². The van der Waals surface area contributed by atoms with Crippen molar-refractivity contribution in [2.24, 2.45) is 5.73 Å². The fourth-order valence-corrected chi connectivity index (χ4v) is 1.92. The predicted octanol–water partition coefficient (Wildman–Crippen LogP) is 2.89. The van der Waals surface area contributed by atoms with Crippen LogP contribution in [0.15, 0.2) is 30.3 Å². The van der Waals surface area contributed by atoms with E-state index in [0.29, 0.717) is 25.6 Å². The lowest BCUT2D eigenvalue weighted by Crippen LogP contribution is -2.22. The number of rotatable bonds is 5. The summed E-state index contributed by atoms with van der Waals surface area (Å²) in [6.07, 6.45) is 0. The van der Waals surface area contributed by atoms with Gasteiger partial charge >= 0.3 is 0 Å². The van der Waals surface area contributed by atoms with E-state index in [1.165, 1.54) is 0 Å². The molecule has 0 aliphatic rings. The van der Waals surface area contributed by atoms with Crippen molar-refractivity contribution in [2.75, 3.05) is 13.2 Å². The Morgan fingerprint density at radius 2 is 1.90 bits per heavy atom. The molecule has 0 aliphatic carbocycles. The third kappa shape index (κ3) is 3.92. The Kier molecular flexibility index (Phi) is 4.57. The van der Waals surface area contributed by atoms with Gasteiger partial charge in [0.15, 0.2) is 0 Å². The highest BCUT2D eigenvalue weighted by molar-refractivity contribution is 5.87. The summed E-state index contributed by atoms with van der Waals surface area (Å²) in [5.41, 5.74) is 6.35. The van der Waals surface area contributed by atoms with Gasteiger partial charge in [-0.1, -0.05) is 18.2 Å². The number of aromatic nitrogens is 1. The smallest absolute Gasteiger partial charge is 0.221 e. The van der Waals surface area contributed by atoms with Crippen LogP contribution in [0.4, 0.5) is 0 Å². The Hall–Kier alpha value is -1.65. The van der Waals surface area contributed by atoms with Crippen LogP contribution in [0.2, 0.25) is 0 Å². The molecule has 108 valence electrons. The Morgan fingerprint density at radius 3 is 2.60 bits per heavy atom. The molecule has 2 N–H and O–H groups in total. The van der Waals surface area contributed by atoms with Crippen molar-refractivity contribution < 1.29 is 9.47 Å². The molecular formula is C16H22N2O2.